The molecule has 0 bridgehead atoms. The van der Waals surface area contributed by atoms with Crippen LogP contribution in [0.25, 0.3) is 11.3 Å². The minimum absolute atomic E-state index is 0.0320. The van der Waals surface area contributed by atoms with E-state index in [0.29, 0.717) is 16.3 Å². The molecule has 1 atom stereocenters. The Balaban J connectivity index is 2.17. The highest BCUT2D eigenvalue weighted by atomic mass is 35.5. The van der Waals surface area contributed by atoms with Crippen LogP contribution in [0, 0.1) is 5.92 Å². The Morgan fingerprint density at radius 2 is 2.23 bits per heavy atom. The zero-order chi connectivity index (χ0) is 16.3. The Morgan fingerprint density at radius 1 is 1.50 bits per heavy atom. The first kappa shape index (κ1) is 16.5. The fourth-order valence-electron chi connectivity index (χ4n) is 1.88. The van der Waals surface area contributed by atoms with Crippen molar-refractivity contribution in [2.24, 2.45) is 5.92 Å². The third-order valence-corrected chi connectivity index (χ3v) is 4.08. The van der Waals surface area contributed by atoms with Gasteiger partial charge in [0.2, 0.25) is 0 Å². The van der Waals surface area contributed by atoms with Crippen LogP contribution >= 0.6 is 11.6 Å². The topological polar surface area (TPSA) is 78.0 Å². The van der Waals surface area contributed by atoms with Crippen molar-refractivity contribution in [1.29, 1.82) is 0 Å². The molecule has 3 N–H and O–H groups in total. The van der Waals surface area contributed by atoms with E-state index >= 15 is 0 Å². The Bertz CT molecular complexity index is 665. The molecule has 0 aliphatic heterocycles. The molecule has 0 aliphatic rings. The van der Waals surface area contributed by atoms with Gasteiger partial charge in [0.1, 0.15) is 0 Å². The lowest BCUT2D eigenvalue weighted by Gasteiger charge is -2.27. The quantitative estimate of drug-likeness (QED) is 0.792. The summed E-state index contributed by atoms with van der Waals surface area (Å²) in [6, 6.07) is 7.18. The highest BCUT2D eigenvalue weighted by Gasteiger charge is 2.26. The molecular weight excluding hydrogens is 302 g/mol. The van der Waals surface area contributed by atoms with E-state index in [4.69, 9.17) is 11.6 Å². The number of aromatic nitrogens is 2. The average Bonchev–Trinajstić information content (AvgIpc) is 2.94. The highest BCUT2D eigenvalue weighted by molar-refractivity contribution is 6.30. The first-order valence-corrected chi connectivity index (χ1v) is 7.49. The van der Waals surface area contributed by atoms with Crippen molar-refractivity contribution in [2.75, 3.05) is 6.54 Å². The molecule has 6 heteroatoms. The molecule has 1 unspecified atom stereocenters. The maximum absolute atomic E-state index is 12.3. The van der Waals surface area contributed by atoms with Crippen LogP contribution in [0.3, 0.4) is 0 Å². The summed E-state index contributed by atoms with van der Waals surface area (Å²) in [5.41, 5.74) is 0.840. The molecule has 22 heavy (non-hydrogen) atoms. The molecule has 0 spiro atoms. The van der Waals surface area contributed by atoms with Gasteiger partial charge in [-0.3, -0.25) is 9.89 Å². The van der Waals surface area contributed by atoms with E-state index in [2.05, 4.69) is 15.5 Å². The number of benzene rings is 1. The van der Waals surface area contributed by atoms with Gasteiger partial charge in [0.15, 0.2) is 0 Å². The molecule has 0 radical (unpaired) electrons. The Kier molecular flexibility index (Phi) is 4.88. The van der Waals surface area contributed by atoms with Gasteiger partial charge in [0.25, 0.3) is 5.91 Å². The van der Waals surface area contributed by atoms with Gasteiger partial charge in [-0.1, -0.05) is 37.6 Å². The molecule has 0 aliphatic carbocycles. The second-order valence-corrected chi connectivity index (χ2v) is 6.30. The average molecular weight is 322 g/mol. The van der Waals surface area contributed by atoms with Crippen LogP contribution in [0.2, 0.25) is 5.02 Å². The van der Waals surface area contributed by atoms with E-state index in [1.54, 1.807) is 19.1 Å². The lowest BCUT2D eigenvalue weighted by molar-refractivity contribution is 0.0142. The molecule has 0 saturated heterocycles. The molecule has 5 nitrogen and oxygen atoms in total. The van der Waals surface area contributed by atoms with Crippen molar-refractivity contribution >= 4 is 17.5 Å². The minimum Gasteiger partial charge on any atom is -0.388 e. The number of aromatic amines is 1. The van der Waals surface area contributed by atoms with Gasteiger partial charge in [-0.25, -0.2) is 0 Å². The maximum atomic E-state index is 12.3. The molecule has 1 aromatic carbocycles. The van der Waals surface area contributed by atoms with E-state index in [-0.39, 0.29) is 18.4 Å². The fourth-order valence-corrected chi connectivity index (χ4v) is 2.07. The van der Waals surface area contributed by atoms with Gasteiger partial charge in [-0.2, -0.15) is 5.10 Å². The van der Waals surface area contributed by atoms with Crippen LogP contribution in [0.4, 0.5) is 0 Å². The summed E-state index contributed by atoms with van der Waals surface area (Å²) in [5.74, 6) is -0.255. The molecule has 2 rings (SSSR count). The predicted molar refractivity (Wildman–Crippen MR) is 86.8 cm³/mol. The van der Waals surface area contributed by atoms with Gasteiger partial charge in [0.05, 0.1) is 23.1 Å². The van der Waals surface area contributed by atoms with Crippen LogP contribution in [-0.4, -0.2) is 33.4 Å². The first-order chi connectivity index (χ1) is 10.3. The number of nitrogens with one attached hydrogen (secondary N) is 2. The van der Waals surface area contributed by atoms with Gasteiger partial charge in [-0.05, 0) is 25.0 Å². The van der Waals surface area contributed by atoms with Crippen molar-refractivity contribution in [3.63, 3.8) is 0 Å². The molecule has 1 aromatic heterocycles. The van der Waals surface area contributed by atoms with E-state index in [9.17, 15) is 9.90 Å². The first-order valence-electron chi connectivity index (χ1n) is 7.11. The van der Waals surface area contributed by atoms with Crippen molar-refractivity contribution in [3.05, 3.63) is 41.0 Å². The normalized spacial score (nSPS) is 13.9. The standard InChI is InChI=1S/C16H20ClN3O2/c1-10(2)16(3,22)9-18-15(21)13-8-19-20-14(13)11-5-4-6-12(17)7-11/h4-8,10,22H,9H2,1-3H3,(H,18,21)(H,19,20). The lowest BCUT2D eigenvalue weighted by Crippen LogP contribution is -2.44. The summed E-state index contributed by atoms with van der Waals surface area (Å²) in [4.78, 5) is 12.3. The Labute approximate surface area is 134 Å². The van der Waals surface area contributed by atoms with Gasteiger partial charge < -0.3 is 10.4 Å². The van der Waals surface area contributed by atoms with Gasteiger partial charge >= 0.3 is 0 Å². The van der Waals surface area contributed by atoms with Gasteiger partial charge in [0, 0.05) is 17.1 Å². The zero-order valence-corrected chi connectivity index (χ0v) is 13.6. The molecule has 1 amide bonds. The number of rotatable bonds is 5. The van der Waals surface area contributed by atoms with Crippen LogP contribution in [0.15, 0.2) is 30.5 Å². The number of amides is 1. The molecule has 1 heterocycles. The summed E-state index contributed by atoms with van der Waals surface area (Å²) in [6.45, 7) is 5.68. The lowest BCUT2D eigenvalue weighted by atomic mass is 9.92. The number of hydrogen-bond donors (Lipinski definition) is 3. The molecule has 2 aromatic rings. The van der Waals surface area contributed by atoms with Crippen LogP contribution < -0.4 is 5.32 Å². The highest BCUT2D eigenvalue weighted by Crippen LogP contribution is 2.24. The summed E-state index contributed by atoms with van der Waals surface area (Å²) >= 11 is 5.98. The van der Waals surface area contributed by atoms with Crippen molar-refractivity contribution in [3.8, 4) is 11.3 Å². The molecule has 0 saturated carbocycles. The number of nitrogens with zero attached hydrogens (tertiary/aromatic N) is 1. The minimum atomic E-state index is -0.963. The molecular formula is C16H20ClN3O2. The Hall–Kier alpha value is -1.85. The summed E-state index contributed by atoms with van der Waals surface area (Å²) in [5, 5.41) is 20.3. The van der Waals surface area contributed by atoms with E-state index < -0.39 is 5.60 Å². The number of hydrogen-bond acceptors (Lipinski definition) is 3. The van der Waals surface area contributed by atoms with Crippen molar-refractivity contribution in [2.45, 2.75) is 26.4 Å². The van der Waals surface area contributed by atoms with Crippen molar-refractivity contribution < 1.29 is 9.90 Å². The summed E-state index contributed by atoms with van der Waals surface area (Å²) in [6.07, 6.45) is 1.47. The third kappa shape index (κ3) is 3.67. The maximum Gasteiger partial charge on any atom is 0.255 e. The Morgan fingerprint density at radius 3 is 2.86 bits per heavy atom. The number of aliphatic hydroxyl groups is 1. The second kappa shape index (κ2) is 6.50. The zero-order valence-electron chi connectivity index (χ0n) is 12.9. The number of halogens is 1. The van der Waals surface area contributed by atoms with Crippen molar-refractivity contribution in [1.82, 2.24) is 15.5 Å². The summed E-state index contributed by atoms with van der Waals surface area (Å²) < 4.78 is 0. The number of carbonyl (C=O) groups is 1. The van der Waals surface area contributed by atoms with Gasteiger partial charge in [-0.15, -0.1) is 0 Å². The SMILES string of the molecule is CC(C)C(C)(O)CNC(=O)c1cn[nH]c1-c1cccc(Cl)c1. The summed E-state index contributed by atoms with van der Waals surface area (Å²) in [7, 11) is 0. The molecule has 0 fully saturated rings. The largest absolute Gasteiger partial charge is 0.388 e. The molecule has 118 valence electrons. The van der Waals surface area contributed by atoms with Crippen LogP contribution in [0.1, 0.15) is 31.1 Å². The smallest absolute Gasteiger partial charge is 0.255 e. The van der Waals surface area contributed by atoms with Crippen LogP contribution in [-0.2, 0) is 0 Å². The van der Waals surface area contributed by atoms with E-state index in [1.165, 1.54) is 6.20 Å². The monoisotopic (exact) mass is 321 g/mol. The number of carbonyl (C=O) groups excluding carboxylic acids is 1. The van der Waals surface area contributed by atoms with E-state index in [1.807, 2.05) is 26.0 Å². The third-order valence-electron chi connectivity index (χ3n) is 3.85. The predicted octanol–water partition coefficient (Wildman–Crippen LogP) is 2.87. The second-order valence-electron chi connectivity index (χ2n) is 5.86. The van der Waals surface area contributed by atoms with E-state index in [0.717, 1.165) is 5.56 Å². The van der Waals surface area contributed by atoms with Crippen LogP contribution in [0.5, 0.6) is 0 Å². The fraction of sp³-hybridized carbons (Fsp3) is 0.375. The number of H-pyrrole nitrogens is 1.